The molecule has 0 aromatic heterocycles. The summed E-state index contributed by atoms with van der Waals surface area (Å²) in [5.74, 6) is -0.887. The minimum atomic E-state index is -0.478. The fourth-order valence-corrected chi connectivity index (χ4v) is 1.23. The first kappa shape index (κ1) is 11.4. The van der Waals surface area contributed by atoms with Crippen LogP contribution in [0.25, 0.3) is 0 Å². The molecule has 0 saturated heterocycles. The molecule has 1 atom stereocenters. The molecule has 0 aliphatic heterocycles. The maximum Gasteiger partial charge on any atom is 0.254 e. The van der Waals surface area contributed by atoms with E-state index >= 15 is 0 Å². The van der Waals surface area contributed by atoms with Gasteiger partial charge in [0.25, 0.3) is 5.91 Å². The summed E-state index contributed by atoms with van der Waals surface area (Å²) in [7, 11) is 0. The molecule has 1 amide bonds. The lowest BCUT2D eigenvalue weighted by molar-refractivity contribution is -0.117. The molecule has 0 aromatic rings. The minimum Gasteiger partial charge on any atom is -0.348 e. The third-order valence-electron chi connectivity index (χ3n) is 2.00. The molecule has 0 aromatic carbocycles. The van der Waals surface area contributed by atoms with Crippen LogP contribution in [-0.4, -0.2) is 12.5 Å². The predicted octanol–water partition coefficient (Wildman–Crippen LogP) is 2.27. The van der Waals surface area contributed by atoms with E-state index < -0.39 is 11.7 Å². The van der Waals surface area contributed by atoms with Gasteiger partial charge >= 0.3 is 0 Å². The minimum absolute atomic E-state index is 0.00551. The van der Waals surface area contributed by atoms with E-state index in [0.29, 0.717) is 6.54 Å². The Labute approximate surface area is 88.9 Å². The Bertz CT molecular complexity index is 353. The zero-order chi connectivity index (χ0) is 11.3. The molecule has 0 heterocycles. The van der Waals surface area contributed by atoms with Crippen molar-refractivity contribution in [1.29, 1.82) is 0 Å². The number of hydrogen-bond acceptors (Lipinski definition) is 1. The highest BCUT2D eigenvalue weighted by molar-refractivity contribution is 5.97. The topological polar surface area (TPSA) is 29.1 Å². The van der Waals surface area contributed by atoms with Crippen molar-refractivity contribution in [2.45, 2.75) is 6.92 Å². The molecule has 1 unspecified atom stereocenters. The van der Waals surface area contributed by atoms with E-state index in [1.54, 1.807) is 12.2 Å². The molecule has 0 spiro atoms. The van der Waals surface area contributed by atoms with Crippen molar-refractivity contribution in [3.05, 3.63) is 48.4 Å². The van der Waals surface area contributed by atoms with Crippen LogP contribution >= 0.6 is 0 Å². The van der Waals surface area contributed by atoms with Gasteiger partial charge in [-0.25, -0.2) is 4.39 Å². The van der Waals surface area contributed by atoms with Gasteiger partial charge in [0, 0.05) is 6.54 Å². The average Bonchev–Trinajstić information content (AvgIpc) is 2.35. The van der Waals surface area contributed by atoms with Crippen LogP contribution in [0.5, 0.6) is 0 Å². The second-order valence-corrected chi connectivity index (χ2v) is 3.34. The average molecular weight is 207 g/mol. The van der Waals surface area contributed by atoms with Crippen LogP contribution in [0.1, 0.15) is 6.92 Å². The summed E-state index contributed by atoms with van der Waals surface area (Å²) in [5, 5.41) is 2.54. The molecule has 1 aliphatic carbocycles. The van der Waals surface area contributed by atoms with E-state index in [4.69, 9.17) is 0 Å². The van der Waals surface area contributed by atoms with Crippen molar-refractivity contribution >= 4 is 5.91 Å². The van der Waals surface area contributed by atoms with Gasteiger partial charge in [0.2, 0.25) is 0 Å². The van der Waals surface area contributed by atoms with Crippen molar-refractivity contribution in [2.24, 2.45) is 5.92 Å². The number of amides is 1. The summed E-state index contributed by atoms with van der Waals surface area (Å²) in [4.78, 5) is 11.5. The lowest BCUT2D eigenvalue weighted by Crippen LogP contribution is -2.25. The Morgan fingerprint density at radius 1 is 1.73 bits per heavy atom. The van der Waals surface area contributed by atoms with Crippen LogP contribution < -0.4 is 5.32 Å². The number of hydrogen-bond donors (Lipinski definition) is 1. The van der Waals surface area contributed by atoms with E-state index in [1.165, 1.54) is 12.2 Å². The molecular formula is C12H14FNO. The first-order valence-electron chi connectivity index (χ1n) is 4.80. The van der Waals surface area contributed by atoms with Crippen molar-refractivity contribution in [2.75, 3.05) is 6.54 Å². The van der Waals surface area contributed by atoms with E-state index in [-0.39, 0.29) is 11.5 Å². The summed E-state index contributed by atoms with van der Waals surface area (Å²) < 4.78 is 13.5. The Morgan fingerprint density at radius 2 is 2.47 bits per heavy atom. The lowest BCUT2D eigenvalue weighted by atomic mass is 10.1. The van der Waals surface area contributed by atoms with Gasteiger partial charge in [0.15, 0.2) is 0 Å². The second-order valence-electron chi connectivity index (χ2n) is 3.34. The summed E-state index contributed by atoms with van der Waals surface area (Å²) in [6, 6.07) is 0. The molecule has 15 heavy (non-hydrogen) atoms. The third-order valence-corrected chi connectivity index (χ3v) is 2.00. The van der Waals surface area contributed by atoms with Crippen molar-refractivity contribution in [3.8, 4) is 0 Å². The molecule has 80 valence electrons. The molecule has 1 rings (SSSR count). The van der Waals surface area contributed by atoms with E-state index in [0.717, 1.165) is 0 Å². The van der Waals surface area contributed by atoms with Gasteiger partial charge in [-0.3, -0.25) is 4.79 Å². The van der Waals surface area contributed by atoms with Crippen molar-refractivity contribution in [3.63, 3.8) is 0 Å². The zero-order valence-electron chi connectivity index (χ0n) is 8.66. The highest BCUT2D eigenvalue weighted by Gasteiger charge is 2.15. The highest BCUT2D eigenvalue weighted by atomic mass is 19.1. The highest BCUT2D eigenvalue weighted by Crippen LogP contribution is 2.18. The van der Waals surface area contributed by atoms with Crippen molar-refractivity contribution < 1.29 is 9.18 Å². The summed E-state index contributed by atoms with van der Waals surface area (Å²) in [6.45, 7) is 5.66. The van der Waals surface area contributed by atoms with E-state index in [1.807, 2.05) is 13.0 Å². The maximum atomic E-state index is 13.5. The molecule has 0 radical (unpaired) electrons. The molecule has 0 fully saturated rings. The summed E-state index contributed by atoms with van der Waals surface area (Å²) in [6.07, 6.45) is 7.97. The molecule has 2 nitrogen and oxygen atoms in total. The van der Waals surface area contributed by atoms with E-state index in [9.17, 15) is 9.18 Å². The molecule has 3 heteroatoms. The number of allylic oxidation sites excluding steroid dienone is 4. The van der Waals surface area contributed by atoms with Crippen LogP contribution in [0.3, 0.4) is 0 Å². The SMILES string of the molecule is C=CCNC(=O)C1=CC=CC(C)C=C1F. The summed E-state index contributed by atoms with van der Waals surface area (Å²) >= 11 is 0. The van der Waals surface area contributed by atoms with Crippen LogP contribution in [0.15, 0.2) is 48.4 Å². The number of carbonyl (C=O) groups excluding carboxylic acids is 1. The monoisotopic (exact) mass is 207 g/mol. The van der Waals surface area contributed by atoms with Gasteiger partial charge in [-0.15, -0.1) is 6.58 Å². The quantitative estimate of drug-likeness (QED) is 0.707. The maximum absolute atomic E-state index is 13.5. The smallest absolute Gasteiger partial charge is 0.254 e. The van der Waals surface area contributed by atoms with Gasteiger partial charge in [0.1, 0.15) is 5.83 Å². The molecule has 0 saturated carbocycles. The fraction of sp³-hybridized carbons (Fsp3) is 0.250. The first-order chi connectivity index (χ1) is 7.15. The Hall–Kier alpha value is -1.64. The van der Waals surface area contributed by atoms with Gasteiger partial charge in [0.05, 0.1) is 5.57 Å². The van der Waals surface area contributed by atoms with Gasteiger partial charge in [-0.2, -0.15) is 0 Å². The van der Waals surface area contributed by atoms with Crippen LogP contribution in [-0.2, 0) is 4.79 Å². The Kier molecular flexibility index (Phi) is 4.03. The lowest BCUT2D eigenvalue weighted by Gasteiger charge is -2.04. The zero-order valence-corrected chi connectivity index (χ0v) is 8.66. The Balaban J connectivity index is 2.80. The molecule has 1 N–H and O–H groups in total. The predicted molar refractivity (Wildman–Crippen MR) is 58.8 cm³/mol. The fourth-order valence-electron chi connectivity index (χ4n) is 1.23. The largest absolute Gasteiger partial charge is 0.348 e. The van der Waals surface area contributed by atoms with Crippen LogP contribution in [0.4, 0.5) is 4.39 Å². The first-order valence-corrected chi connectivity index (χ1v) is 4.80. The number of nitrogens with one attached hydrogen (secondary N) is 1. The Morgan fingerprint density at radius 3 is 3.13 bits per heavy atom. The second kappa shape index (κ2) is 5.29. The molecule has 1 aliphatic rings. The number of rotatable bonds is 3. The number of carbonyl (C=O) groups is 1. The van der Waals surface area contributed by atoms with Crippen molar-refractivity contribution in [1.82, 2.24) is 5.32 Å². The van der Waals surface area contributed by atoms with Crippen LogP contribution in [0.2, 0.25) is 0 Å². The van der Waals surface area contributed by atoms with Gasteiger partial charge in [-0.05, 0) is 18.1 Å². The standard InChI is InChI=1S/C12H14FNO/c1-3-7-14-12(15)10-6-4-5-9(2)8-11(10)13/h3-6,8-9H,1,7H2,2H3,(H,14,15). The summed E-state index contributed by atoms with van der Waals surface area (Å²) in [5.41, 5.74) is 0.0671. The molecular weight excluding hydrogens is 193 g/mol. The normalized spacial score (nSPS) is 20.0. The van der Waals surface area contributed by atoms with Gasteiger partial charge < -0.3 is 5.32 Å². The van der Waals surface area contributed by atoms with E-state index in [2.05, 4.69) is 11.9 Å². The van der Waals surface area contributed by atoms with Crippen LogP contribution in [0, 0.1) is 5.92 Å². The number of halogens is 1. The molecule has 0 bridgehead atoms. The third kappa shape index (κ3) is 3.20. The van der Waals surface area contributed by atoms with Gasteiger partial charge in [-0.1, -0.05) is 25.2 Å².